The lowest BCUT2D eigenvalue weighted by Gasteiger charge is -2.30. The lowest BCUT2D eigenvalue weighted by atomic mass is 10.1. The normalized spacial score (nSPS) is 38.4. The lowest BCUT2D eigenvalue weighted by Crippen LogP contribution is -2.45. The highest BCUT2D eigenvalue weighted by atomic mass is 31.2. The molecular weight excluding hydrogens is 391 g/mol. The maximum Gasteiger partial charge on any atom is 0.472 e. The van der Waals surface area contributed by atoms with Crippen LogP contribution in [0.4, 0.5) is 0 Å². The van der Waals surface area contributed by atoms with E-state index in [9.17, 15) is 14.6 Å². The fourth-order valence-corrected chi connectivity index (χ4v) is 4.38. The van der Waals surface area contributed by atoms with E-state index in [1.54, 1.807) is 6.92 Å². The number of aliphatic hydroxyl groups is 1. The van der Waals surface area contributed by atoms with E-state index in [4.69, 9.17) is 28.0 Å². The van der Waals surface area contributed by atoms with Gasteiger partial charge in [0.25, 0.3) is 0 Å². The summed E-state index contributed by atoms with van der Waals surface area (Å²) in [7, 11) is -4.46. The molecule has 0 aromatic carbocycles. The molecule has 0 saturated carbocycles. The van der Waals surface area contributed by atoms with E-state index in [-0.39, 0.29) is 50.2 Å². The van der Waals surface area contributed by atoms with Crippen LogP contribution in [0, 0.1) is 0 Å². The molecular formula is C18H35O9P. The summed E-state index contributed by atoms with van der Waals surface area (Å²) in [5.41, 5.74) is 0. The van der Waals surface area contributed by atoms with Crippen LogP contribution < -0.4 is 0 Å². The third kappa shape index (κ3) is 7.00. The number of hydrogen-bond donors (Lipinski definition) is 2. The first-order valence-electron chi connectivity index (χ1n) is 9.88. The Morgan fingerprint density at radius 2 is 1.82 bits per heavy atom. The van der Waals surface area contributed by atoms with E-state index in [2.05, 4.69) is 0 Å². The van der Waals surface area contributed by atoms with Gasteiger partial charge in [-0.1, -0.05) is 0 Å². The number of rotatable bonds is 10. The van der Waals surface area contributed by atoms with Gasteiger partial charge in [-0.15, -0.1) is 0 Å². The van der Waals surface area contributed by atoms with Gasteiger partial charge in [-0.3, -0.25) is 9.05 Å². The Balaban J connectivity index is 1.93. The molecule has 10 heteroatoms. The maximum absolute atomic E-state index is 12.5. The molecule has 166 valence electrons. The van der Waals surface area contributed by atoms with Crippen LogP contribution in [0.3, 0.4) is 0 Å². The summed E-state index contributed by atoms with van der Waals surface area (Å²) in [4.78, 5) is 10.2. The molecule has 0 aromatic rings. The van der Waals surface area contributed by atoms with Gasteiger partial charge in [0.15, 0.2) is 0 Å². The van der Waals surface area contributed by atoms with Gasteiger partial charge in [0, 0.05) is 12.8 Å². The summed E-state index contributed by atoms with van der Waals surface area (Å²) in [6.45, 7) is 10.8. The topological polar surface area (TPSA) is 113 Å². The lowest BCUT2D eigenvalue weighted by molar-refractivity contribution is -0.252. The fraction of sp³-hybridized carbons (Fsp3) is 1.00. The molecule has 0 amide bonds. The fourth-order valence-electron chi connectivity index (χ4n) is 3.42. The molecule has 0 aromatic heterocycles. The minimum absolute atomic E-state index is 0.00617. The standard InChI is InChI=1S/C18H35O9P/c1-11(2)22-10-18(19)17(8-14(6)26-18)27-28(20,21)23-9-16-15(24-12(3)4)7-13(5)25-16/h11-17,19H,7-10H2,1-6H3,(H,20,21)/t13-,14-,15?,16+,17?,18+/m0/s1. The number of phosphoric acid groups is 1. The summed E-state index contributed by atoms with van der Waals surface area (Å²) in [5, 5.41) is 10.7. The molecule has 0 radical (unpaired) electrons. The maximum atomic E-state index is 12.5. The third-order valence-corrected chi connectivity index (χ3v) is 5.57. The molecule has 2 saturated heterocycles. The minimum atomic E-state index is -4.46. The van der Waals surface area contributed by atoms with E-state index in [0.29, 0.717) is 6.42 Å². The molecule has 2 aliphatic heterocycles. The summed E-state index contributed by atoms with van der Waals surface area (Å²) in [6.07, 6.45) is -1.34. The van der Waals surface area contributed by atoms with E-state index in [0.717, 1.165) is 0 Å². The van der Waals surface area contributed by atoms with Gasteiger partial charge in [0.1, 0.15) is 18.8 Å². The van der Waals surface area contributed by atoms with Gasteiger partial charge in [-0.05, 0) is 41.5 Å². The van der Waals surface area contributed by atoms with Gasteiger partial charge in [-0.25, -0.2) is 4.57 Å². The zero-order valence-corrected chi connectivity index (χ0v) is 18.5. The Labute approximate surface area is 167 Å². The van der Waals surface area contributed by atoms with E-state index in [1.165, 1.54) is 0 Å². The smallest absolute Gasteiger partial charge is 0.373 e. The van der Waals surface area contributed by atoms with Crippen molar-refractivity contribution in [1.29, 1.82) is 0 Å². The van der Waals surface area contributed by atoms with E-state index < -0.39 is 25.8 Å². The molecule has 0 spiro atoms. The van der Waals surface area contributed by atoms with Crippen molar-refractivity contribution in [2.75, 3.05) is 13.2 Å². The minimum Gasteiger partial charge on any atom is -0.373 e. The van der Waals surface area contributed by atoms with Crippen molar-refractivity contribution in [2.45, 2.75) is 103 Å². The van der Waals surface area contributed by atoms with Gasteiger partial charge in [-0.2, -0.15) is 0 Å². The number of hydrogen-bond acceptors (Lipinski definition) is 8. The highest BCUT2D eigenvalue weighted by Crippen LogP contribution is 2.49. The summed E-state index contributed by atoms with van der Waals surface area (Å²) >= 11 is 0. The van der Waals surface area contributed by atoms with Crippen molar-refractivity contribution in [3.8, 4) is 0 Å². The van der Waals surface area contributed by atoms with Crippen LogP contribution in [-0.2, 0) is 32.6 Å². The summed E-state index contributed by atoms with van der Waals surface area (Å²) in [6, 6.07) is 0. The quantitative estimate of drug-likeness (QED) is 0.508. The Bertz CT molecular complexity index is 543. The average Bonchev–Trinajstić information content (AvgIpc) is 3.02. The van der Waals surface area contributed by atoms with E-state index >= 15 is 0 Å². The summed E-state index contributed by atoms with van der Waals surface area (Å²) < 4.78 is 45.3. The van der Waals surface area contributed by atoms with Crippen LogP contribution in [0.25, 0.3) is 0 Å². The molecule has 2 fully saturated rings. The van der Waals surface area contributed by atoms with Crippen molar-refractivity contribution < 1.29 is 42.6 Å². The Kier molecular flexibility index (Phi) is 8.47. The number of phosphoric ester groups is 1. The van der Waals surface area contributed by atoms with Crippen molar-refractivity contribution in [2.24, 2.45) is 0 Å². The molecule has 0 aliphatic carbocycles. The molecule has 2 N–H and O–H groups in total. The zero-order valence-electron chi connectivity index (χ0n) is 17.6. The van der Waals surface area contributed by atoms with Crippen LogP contribution >= 0.6 is 7.82 Å². The largest absolute Gasteiger partial charge is 0.472 e. The third-order valence-electron chi connectivity index (χ3n) is 4.57. The molecule has 0 bridgehead atoms. The van der Waals surface area contributed by atoms with Crippen molar-refractivity contribution >= 4 is 7.82 Å². The molecule has 2 heterocycles. The van der Waals surface area contributed by atoms with Crippen LogP contribution in [0.2, 0.25) is 0 Å². The van der Waals surface area contributed by atoms with Crippen LogP contribution in [0.15, 0.2) is 0 Å². The van der Waals surface area contributed by atoms with Gasteiger partial charge in [0.05, 0.1) is 37.1 Å². The molecule has 3 unspecified atom stereocenters. The Morgan fingerprint density at radius 3 is 2.43 bits per heavy atom. The molecule has 7 atom stereocenters. The average molecular weight is 426 g/mol. The van der Waals surface area contributed by atoms with Gasteiger partial charge >= 0.3 is 7.82 Å². The van der Waals surface area contributed by atoms with Crippen molar-refractivity contribution in [3.63, 3.8) is 0 Å². The summed E-state index contributed by atoms with van der Waals surface area (Å²) in [5.74, 6) is -1.81. The predicted octanol–water partition coefficient (Wildman–Crippen LogP) is 2.38. The molecule has 2 aliphatic rings. The zero-order chi connectivity index (χ0) is 21.1. The van der Waals surface area contributed by atoms with Crippen LogP contribution in [-0.4, -0.2) is 71.7 Å². The van der Waals surface area contributed by atoms with Crippen LogP contribution in [0.1, 0.15) is 54.4 Å². The van der Waals surface area contributed by atoms with Gasteiger partial charge < -0.3 is 28.9 Å². The second kappa shape index (κ2) is 9.81. The van der Waals surface area contributed by atoms with Crippen molar-refractivity contribution in [3.05, 3.63) is 0 Å². The SMILES string of the molecule is CC(C)OC[C@@]1(O)O[C@@H](C)CC1OP(=O)(O)OC[C@H]1O[C@@H](C)CC1OC(C)C. The molecule has 28 heavy (non-hydrogen) atoms. The monoisotopic (exact) mass is 426 g/mol. The van der Waals surface area contributed by atoms with E-state index in [1.807, 2.05) is 34.6 Å². The second-order valence-electron chi connectivity index (χ2n) is 8.17. The van der Waals surface area contributed by atoms with Crippen molar-refractivity contribution in [1.82, 2.24) is 0 Å². The first-order valence-corrected chi connectivity index (χ1v) is 11.4. The predicted molar refractivity (Wildman–Crippen MR) is 101 cm³/mol. The molecule has 9 nitrogen and oxygen atoms in total. The first kappa shape index (κ1) is 24.2. The highest BCUT2D eigenvalue weighted by molar-refractivity contribution is 7.47. The van der Waals surface area contributed by atoms with Crippen LogP contribution in [0.5, 0.6) is 0 Å². The highest BCUT2D eigenvalue weighted by Gasteiger charge is 2.51. The Hall–Kier alpha value is -0.0900. The number of ether oxygens (including phenoxy) is 4. The second-order valence-corrected chi connectivity index (χ2v) is 9.58. The molecule has 2 rings (SSSR count). The van der Waals surface area contributed by atoms with Gasteiger partial charge in [0.2, 0.25) is 5.79 Å². The first-order chi connectivity index (χ1) is 12.9. The Morgan fingerprint density at radius 1 is 1.14 bits per heavy atom.